The number of H-pyrrole nitrogens is 1. The Morgan fingerprint density at radius 1 is 1.25 bits per heavy atom. The van der Waals surface area contributed by atoms with Crippen molar-refractivity contribution in [2.75, 3.05) is 12.9 Å². The number of hydrogen-bond acceptors (Lipinski definition) is 7. The Kier molecular flexibility index (Phi) is 5.83. The van der Waals surface area contributed by atoms with Crippen LogP contribution in [0.4, 0.5) is 0 Å². The summed E-state index contributed by atoms with van der Waals surface area (Å²) in [6.07, 6.45) is 3.92. The first-order chi connectivity index (χ1) is 15.0. The molecule has 1 aliphatic carbocycles. The second-order valence-electron chi connectivity index (χ2n) is 9.29. The third kappa shape index (κ3) is 4.54. The molecule has 1 aromatic carbocycles. The van der Waals surface area contributed by atoms with E-state index in [1.165, 1.54) is 10.9 Å². The summed E-state index contributed by atoms with van der Waals surface area (Å²) in [5.74, 6) is 1.37. The van der Waals surface area contributed by atoms with Crippen LogP contribution in [0.15, 0.2) is 23.0 Å². The van der Waals surface area contributed by atoms with Gasteiger partial charge in [0.2, 0.25) is 0 Å². The summed E-state index contributed by atoms with van der Waals surface area (Å²) in [6, 6.07) is 4.81. The molecule has 0 radical (unpaired) electrons. The highest BCUT2D eigenvalue weighted by Crippen LogP contribution is 2.42. The van der Waals surface area contributed by atoms with Gasteiger partial charge in [-0.3, -0.25) is 4.79 Å². The van der Waals surface area contributed by atoms with Gasteiger partial charge in [-0.05, 0) is 61.3 Å². The van der Waals surface area contributed by atoms with Crippen molar-refractivity contribution in [2.45, 2.75) is 47.0 Å². The molecule has 1 aliphatic rings. The standard InChI is InChI=1S/C23H28N2O5S2/c1-6-29-17-11-13(7-10-16(17)30-32(5,27)28)20-24-21(26)19-15-9-8-14(23(2,3)4)12-18(15)31-22(19)25-20/h7,10-11,14H,6,8-9,12H2,1-5H3,(H,24,25,26)/t14-/m0/s1. The topological polar surface area (TPSA) is 98.3 Å². The Morgan fingerprint density at radius 3 is 2.66 bits per heavy atom. The highest BCUT2D eigenvalue weighted by atomic mass is 32.2. The van der Waals surface area contributed by atoms with Crippen LogP contribution < -0.4 is 14.5 Å². The van der Waals surface area contributed by atoms with Gasteiger partial charge in [0.25, 0.3) is 5.56 Å². The van der Waals surface area contributed by atoms with Crippen LogP contribution >= 0.6 is 11.3 Å². The average Bonchev–Trinajstić information content (AvgIpc) is 3.06. The van der Waals surface area contributed by atoms with Crippen molar-refractivity contribution in [3.05, 3.63) is 39.0 Å². The summed E-state index contributed by atoms with van der Waals surface area (Å²) >= 11 is 1.60. The molecule has 32 heavy (non-hydrogen) atoms. The highest BCUT2D eigenvalue weighted by molar-refractivity contribution is 7.86. The van der Waals surface area contributed by atoms with E-state index in [1.54, 1.807) is 30.4 Å². The van der Waals surface area contributed by atoms with Gasteiger partial charge < -0.3 is 13.9 Å². The van der Waals surface area contributed by atoms with Gasteiger partial charge in [-0.25, -0.2) is 4.98 Å². The molecule has 9 heteroatoms. The monoisotopic (exact) mass is 476 g/mol. The number of aromatic amines is 1. The number of nitrogens with zero attached hydrogens (tertiary/aromatic N) is 1. The number of thiophene rings is 1. The number of aromatic nitrogens is 2. The minimum Gasteiger partial charge on any atom is -0.490 e. The maximum Gasteiger partial charge on any atom is 0.306 e. The van der Waals surface area contributed by atoms with E-state index >= 15 is 0 Å². The van der Waals surface area contributed by atoms with Crippen LogP contribution in [0.2, 0.25) is 0 Å². The lowest BCUT2D eigenvalue weighted by Crippen LogP contribution is -2.26. The predicted octanol–water partition coefficient (Wildman–Crippen LogP) is 4.54. The third-order valence-electron chi connectivity index (χ3n) is 5.90. The number of benzene rings is 1. The van der Waals surface area contributed by atoms with Gasteiger partial charge in [0.1, 0.15) is 10.7 Å². The van der Waals surface area contributed by atoms with E-state index < -0.39 is 10.1 Å². The summed E-state index contributed by atoms with van der Waals surface area (Å²) in [7, 11) is -3.70. The van der Waals surface area contributed by atoms with Gasteiger partial charge in [-0.2, -0.15) is 8.42 Å². The van der Waals surface area contributed by atoms with Crippen LogP contribution in [0.25, 0.3) is 21.6 Å². The number of ether oxygens (including phenoxy) is 1. The molecular formula is C23H28N2O5S2. The molecule has 172 valence electrons. The molecule has 0 spiro atoms. The molecule has 0 aliphatic heterocycles. The second kappa shape index (κ2) is 8.19. The average molecular weight is 477 g/mol. The number of hydrogen-bond donors (Lipinski definition) is 1. The molecule has 0 saturated carbocycles. The fourth-order valence-electron chi connectivity index (χ4n) is 4.22. The SMILES string of the molecule is CCOc1cc(-c2nc3sc4c(c3c(=O)[nH]2)CC[C@H](C(C)(C)C)C4)ccc1OS(C)(=O)=O. The molecule has 7 nitrogen and oxygen atoms in total. The van der Waals surface area contributed by atoms with Crippen molar-refractivity contribution < 1.29 is 17.3 Å². The molecule has 2 aromatic heterocycles. The molecule has 0 unspecified atom stereocenters. The Balaban J connectivity index is 1.76. The number of fused-ring (bicyclic) bond motifs is 3. The third-order valence-corrected chi connectivity index (χ3v) is 7.53. The normalized spacial score (nSPS) is 16.7. The van der Waals surface area contributed by atoms with Gasteiger partial charge in [-0.1, -0.05) is 20.8 Å². The Bertz CT molecular complexity index is 1330. The first-order valence-corrected chi connectivity index (χ1v) is 13.3. The van der Waals surface area contributed by atoms with Crippen LogP contribution in [0.5, 0.6) is 11.5 Å². The summed E-state index contributed by atoms with van der Waals surface area (Å²) in [5.41, 5.74) is 1.83. The smallest absolute Gasteiger partial charge is 0.306 e. The summed E-state index contributed by atoms with van der Waals surface area (Å²) in [6.45, 7) is 8.94. The first-order valence-electron chi connectivity index (χ1n) is 10.7. The highest BCUT2D eigenvalue weighted by Gasteiger charge is 2.31. The lowest BCUT2D eigenvalue weighted by molar-refractivity contribution is 0.218. The van der Waals surface area contributed by atoms with Crippen LogP contribution in [0.3, 0.4) is 0 Å². The zero-order valence-electron chi connectivity index (χ0n) is 18.9. The van der Waals surface area contributed by atoms with Crippen LogP contribution in [-0.2, 0) is 23.0 Å². The van der Waals surface area contributed by atoms with E-state index in [0.717, 1.165) is 35.9 Å². The largest absolute Gasteiger partial charge is 0.490 e. The zero-order chi connectivity index (χ0) is 23.3. The van der Waals surface area contributed by atoms with Crippen molar-refractivity contribution >= 4 is 31.7 Å². The van der Waals surface area contributed by atoms with E-state index in [0.29, 0.717) is 29.3 Å². The Labute approximate surface area is 191 Å². The van der Waals surface area contributed by atoms with E-state index in [9.17, 15) is 13.2 Å². The lowest BCUT2D eigenvalue weighted by Gasteiger charge is -2.33. The molecule has 1 atom stereocenters. The van der Waals surface area contributed by atoms with E-state index in [4.69, 9.17) is 13.9 Å². The minimum absolute atomic E-state index is 0.0985. The maximum absolute atomic E-state index is 13.0. The Hall–Kier alpha value is -2.39. The maximum atomic E-state index is 13.0. The molecule has 2 heterocycles. The predicted molar refractivity (Wildman–Crippen MR) is 127 cm³/mol. The second-order valence-corrected chi connectivity index (χ2v) is 11.9. The summed E-state index contributed by atoms with van der Waals surface area (Å²) in [4.78, 5) is 22.7. The summed E-state index contributed by atoms with van der Waals surface area (Å²) < 4.78 is 33.7. The lowest BCUT2D eigenvalue weighted by atomic mass is 9.72. The Morgan fingerprint density at radius 2 is 2.00 bits per heavy atom. The van der Waals surface area contributed by atoms with E-state index in [1.807, 2.05) is 0 Å². The molecule has 0 saturated heterocycles. The molecular weight excluding hydrogens is 448 g/mol. The molecule has 1 N–H and O–H groups in total. The van der Waals surface area contributed by atoms with Crippen molar-refractivity contribution in [3.63, 3.8) is 0 Å². The van der Waals surface area contributed by atoms with E-state index in [2.05, 4.69) is 25.8 Å². The van der Waals surface area contributed by atoms with Gasteiger partial charge >= 0.3 is 10.1 Å². The van der Waals surface area contributed by atoms with Crippen molar-refractivity contribution in [1.29, 1.82) is 0 Å². The molecule has 3 aromatic rings. The van der Waals surface area contributed by atoms with Crippen LogP contribution in [0.1, 0.15) is 44.6 Å². The van der Waals surface area contributed by atoms with Crippen LogP contribution in [0, 0.1) is 11.3 Å². The zero-order valence-corrected chi connectivity index (χ0v) is 20.6. The van der Waals surface area contributed by atoms with Gasteiger partial charge in [0.05, 0.1) is 18.2 Å². The van der Waals surface area contributed by atoms with E-state index in [-0.39, 0.29) is 22.5 Å². The van der Waals surface area contributed by atoms with Crippen molar-refractivity contribution in [1.82, 2.24) is 9.97 Å². The van der Waals surface area contributed by atoms with Gasteiger partial charge in [0.15, 0.2) is 11.5 Å². The summed E-state index contributed by atoms with van der Waals surface area (Å²) in [5, 5.41) is 0.697. The van der Waals surface area contributed by atoms with Gasteiger partial charge in [0, 0.05) is 10.4 Å². The van der Waals surface area contributed by atoms with Crippen molar-refractivity contribution in [3.8, 4) is 22.9 Å². The minimum atomic E-state index is -3.70. The fourth-order valence-corrected chi connectivity index (χ4v) is 5.98. The number of aryl methyl sites for hydroxylation is 1. The van der Waals surface area contributed by atoms with Gasteiger partial charge in [-0.15, -0.1) is 11.3 Å². The van der Waals surface area contributed by atoms with Crippen molar-refractivity contribution in [2.24, 2.45) is 11.3 Å². The molecule has 0 amide bonds. The fraction of sp³-hybridized carbons (Fsp3) is 0.478. The molecule has 0 fully saturated rings. The first kappa shape index (κ1) is 22.8. The quantitative estimate of drug-likeness (QED) is 0.543. The molecule has 4 rings (SSSR count). The molecule has 0 bridgehead atoms. The van der Waals surface area contributed by atoms with Crippen LogP contribution in [-0.4, -0.2) is 31.2 Å². The number of nitrogens with one attached hydrogen (secondary N) is 1. The number of rotatable bonds is 5.